The summed E-state index contributed by atoms with van der Waals surface area (Å²) in [7, 11) is 3.81. The van der Waals surface area contributed by atoms with Crippen molar-refractivity contribution in [3.8, 4) is 0 Å². The summed E-state index contributed by atoms with van der Waals surface area (Å²) in [6.07, 6.45) is -0.552. The van der Waals surface area contributed by atoms with Crippen molar-refractivity contribution in [2.24, 2.45) is 0 Å². The molecule has 27 heavy (non-hydrogen) atoms. The van der Waals surface area contributed by atoms with Crippen LogP contribution in [0.15, 0.2) is 48.5 Å². The van der Waals surface area contributed by atoms with Crippen LogP contribution in [0.2, 0.25) is 0 Å². The van der Waals surface area contributed by atoms with Crippen LogP contribution in [0.1, 0.15) is 20.8 Å². The normalized spacial score (nSPS) is 10.7. The number of para-hydroxylation sites is 2. The van der Waals surface area contributed by atoms with Crippen molar-refractivity contribution in [2.45, 2.75) is 26.4 Å². The van der Waals surface area contributed by atoms with Crippen molar-refractivity contribution < 1.29 is 14.3 Å². The van der Waals surface area contributed by atoms with E-state index in [9.17, 15) is 9.59 Å². The van der Waals surface area contributed by atoms with Gasteiger partial charge in [-0.05, 0) is 51.1 Å². The highest BCUT2D eigenvalue weighted by molar-refractivity contribution is 6.02. The summed E-state index contributed by atoms with van der Waals surface area (Å²) in [5.74, 6) is 0. The average molecular weight is 370 g/mol. The van der Waals surface area contributed by atoms with Gasteiger partial charge in [-0.3, -0.25) is 5.32 Å². The maximum atomic E-state index is 12.3. The predicted octanol–water partition coefficient (Wildman–Crippen LogP) is 4.74. The van der Waals surface area contributed by atoms with Crippen molar-refractivity contribution in [3.05, 3.63) is 48.5 Å². The van der Waals surface area contributed by atoms with Crippen molar-refractivity contribution >= 4 is 34.9 Å². The number of nitrogens with one attached hydrogen (secondary N) is 3. The molecule has 2 aromatic carbocycles. The molecule has 0 saturated carbocycles. The number of ether oxygens (including phenoxy) is 1. The quantitative estimate of drug-likeness (QED) is 0.726. The third-order valence-electron chi connectivity index (χ3n) is 3.40. The fourth-order valence-electron chi connectivity index (χ4n) is 2.35. The molecule has 0 unspecified atom stereocenters. The van der Waals surface area contributed by atoms with Gasteiger partial charge in [0.05, 0.1) is 11.4 Å². The smallest absolute Gasteiger partial charge is 0.412 e. The number of rotatable bonds is 4. The Morgan fingerprint density at radius 2 is 1.52 bits per heavy atom. The molecule has 0 radical (unpaired) electrons. The zero-order valence-electron chi connectivity index (χ0n) is 16.3. The van der Waals surface area contributed by atoms with Crippen LogP contribution in [0, 0.1) is 0 Å². The molecule has 0 aliphatic heterocycles. The topological polar surface area (TPSA) is 82.7 Å². The number of carbonyl (C=O) groups is 2. The monoisotopic (exact) mass is 370 g/mol. The Balaban J connectivity index is 2.02. The number of hydrogen-bond acceptors (Lipinski definition) is 4. The number of amides is 3. The number of nitrogens with zero attached hydrogens (tertiary/aromatic N) is 1. The molecule has 0 bridgehead atoms. The standard InChI is InChI=1S/C20H26N4O3/c1-20(2,3)27-19(26)22-15-10-8-9-14(13-15)21-18(25)23-16-11-6-7-12-17(16)24(4)5/h6-13H,1-5H3,(H,22,26)(H2,21,23,25). The Kier molecular flexibility index (Phi) is 6.28. The van der Waals surface area contributed by atoms with E-state index in [1.807, 2.05) is 43.3 Å². The van der Waals surface area contributed by atoms with Crippen LogP contribution in [0.25, 0.3) is 0 Å². The summed E-state index contributed by atoms with van der Waals surface area (Å²) in [5.41, 5.74) is 2.08. The Morgan fingerprint density at radius 1 is 0.889 bits per heavy atom. The number of anilines is 4. The first-order chi connectivity index (χ1) is 12.6. The molecule has 0 heterocycles. The molecule has 7 nitrogen and oxygen atoms in total. The summed E-state index contributed by atoms with van der Waals surface area (Å²) in [6.45, 7) is 5.38. The lowest BCUT2D eigenvalue weighted by molar-refractivity contribution is 0.0636. The molecule has 0 aliphatic rings. The first-order valence-corrected chi connectivity index (χ1v) is 8.58. The van der Waals surface area contributed by atoms with Crippen LogP contribution in [0.5, 0.6) is 0 Å². The zero-order valence-corrected chi connectivity index (χ0v) is 16.3. The largest absolute Gasteiger partial charge is 0.444 e. The Hall–Kier alpha value is -3.22. The first kappa shape index (κ1) is 20.1. The minimum Gasteiger partial charge on any atom is -0.444 e. The van der Waals surface area contributed by atoms with Crippen LogP contribution >= 0.6 is 0 Å². The molecular formula is C20H26N4O3. The molecule has 144 valence electrons. The van der Waals surface area contributed by atoms with Crippen molar-refractivity contribution in [2.75, 3.05) is 34.9 Å². The first-order valence-electron chi connectivity index (χ1n) is 8.58. The molecule has 7 heteroatoms. The Labute approximate surface area is 159 Å². The Morgan fingerprint density at radius 3 is 2.15 bits per heavy atom. The number of urea groups is 1. The van der Waals surface area contributed by atoms with Crippen molar-refractivity contribution in [3.63, 3.8) is 0 Å². The fraction of sp³-hybridized carbons (Fsp3) is 0.300. The van der Waals surface area contributed by atoms with Crippen LogP contribution < -0.4 is 20.9 Å². The molecule has 0 fully saturated rings. The number of carbonyl (C=O) groups excluding carboxylic acids is 2. The van der Waals surface area contributed by atoms with Crippen LogP contribution in [-0.4, -0.2) is 31.8 Å². The van der Waals surface area contributed by atoms with E-state index >= 15 is 0 Å². The van der Waals surface area contributed by atoms with Gasteiger partial charge in [0.15, 0.2) is 0 Å². The average Bonchev–Trinajstić information content (AvgIpc) is 2.53. The van der Waals surface area contributed by atoms with E-state index in [4.69, 9.17) is 4.74 Å². The summed E-state index contributed by atoms with van der Waals surface area (Å²) < 4.78 is 5.22. The van der Waals surface area contributed by atoms with Gasteiger partial charge in [0.25, 0.3) is 0 Å². The van der Waals surface area contributed by atoms with E-state index in [2.05, 4.69) is 16.0 Å². The summed E-state index contributed by atoms with van der Waals surface area (Å²) in [5, 5.41) is 8.23. The van der Waals surface area contributed by atoms with Crippen LogP contribution in [-0.2, 0) is 4.74 Å². The second kappa shape index (κ2) is 8.44. The molecule has 2 rings (SSSR count). The van der Waals surface area contributed by atoms with Crippen LogP contribution in [0.4, 0.5) is 32.3 Å². The Bertz CT molecular complexity index is 813. The zero-order chi connectivity index (χ0) is 20.0. The van der Waals surface area contributed by atoms with E-state index in [1.165, 1.54) is 0 Å². The molecular weight excluding hydrogens is 344 g/mol. The molecule has 2 aromatic rings. The van der Waals surface area contributed by atoms with E-state index in [1.54, 1.807) is 45.0 Å². The van der Waals surface area contributed by atoms with Gasteiger partial charge < -0.3 is 20.3 Å². The summed E-state index contributed by atoms with van der Waals surface area (Å²) in [6, 6.07) is 14.0. The van der Waals surface area contributed by atoms with Crippen molar-refractivity contribution in [1.29, 1.82) is 0 Å². The SMILES string of the molecule is CN(C)c1ccccc1NC(=O)Nc1cccc(NC(=O)OC(C)(C)C)c1. The minimum atomic E-state index is -0.584. The lowest BCUT2D eigenvalue weighted by Crippen LogP contribution is -2.27. The highest BCUT2D eigenvalue weighted by Crippen LogP contribution is 2.24. The van der Waals surface area contributed by atoms with Gasteiger partial charge >= 0.3 is 12.1 Å². The van der Waals surface area contributed by atoms with E-state index in [-0.39, 0.29) is 6.03 Å². The summed E-state index contributed by atoms with van der Waals surface area (Å²) >= 11 is 0. The number of hydrogen-bond donors (Lipinski definition) is 3. The summed E-state index contributed by atoms with van der Waals surface area (Å²) in [4.78, 5) is 26.1. The fourth-order valence-corrected chi connectivity index (χ4v) is 2.35. The number of benzene rings is 2. The van der Waals surface area contributed by atoms with Gasteiger partial charge in [-0.1, -0.05) is 18.2 Å². The van der Waals surface area contributed by atoms with Gasteiger partial charge in [0.1, 0.15) is 5.60 Å². The molecule has 3 N–H and O–H groups in total. The highest BCUT2D eigenvalue weighted by Gasteiger charge is 2.16. The van der Waals surface area contributed by atoms with E-state index in [0.29, 0.717) is 17.1 Å². The van der Waals surface area contributed by atoms with E-state index < -0.39 is 11.7 Å². The van der Waals surface area contributed by atoms with Crippen molar-refractivity contribution in [1.82, 2.24) is 0 Å². The van der Waals surface area contributed by atoms with Crippen LogP contribution in [0.3, 0.4) is 0 Å². The second-order valence-electron chi connectivity index (χ2n) is 7.20. The maximum absolute atomic E-state index is 12.3. The predicted molar refractivity (Wildman–Crippen MR) is 110 cm³/mol. The van der Waals surface area contributed by atoms with Gasteiger partial charge in [-0.25, -0.2) is 9.59 Å². The highest BCUT2D eigenvalue weighted by atomic mass is 16.6. The van der Waals surface area contributed by atoms with Gasteiger partial charge in [-0.15, -0.1) is 0 Å². The van der Waals surface area contributed by atoms with E-state index in [0.717, 1.165) is 5.69 Å². The van der Waals surface area contributed by atoms with Gasteiger partial charge in [0, 0.05) is 25.5 Å². The molecule has 0 saturated heterocycles. The molecule has 0 aromatic heterocycles. The molecule has 0 spiro atoms. The third kappa shape index (κ3) is 6.54. The molecule has 0 aliphatic carbocycles. The maximum Gasteiger partial charge on any atom is 0.412 e. The lowest BCUT2D eigenvalue weighted by Gasteiger charge is -2.20. The van der Waals surface area contributed by atoms with Gasteiger partial charge in [0.2, 0.25) is 0 Å². The minimum absolute atomic E-state index is 0.376. The second-order valence-corrected chi connectivity index (χ2v) is 7.20. The molecule has 3 amide bonds. The lowest BCUT2D eigenvalue weighted by atomic mass is 10.2. The third-order valence-corrected chi connectivity index (χ3v) is 3.40. The molecule has 0 atom stereocenters. The van der Waals surface area contributed by atoms with Gasteiger partial charge in [-0.2, -0.15) is 0 Å².